The van der Waals surface area contributed by atoms with Gasteiger partial charge in [0.15, 0.2) is 0 Å². The van der Waals surface area contributed by atoms with Crippen LogP contribution in [-0.2, 0) is 16.1 Å². The van der Waals surface area contributed by atoms with Gasteiger partial charge in [0.2, 0.25) is 11.8 Å². The number of rotatable bonds is 5. The second-order valence-electron chi connectivity index (χ2n) is 5.02. The number of imide groups is 1. The van der Waals surface area contributed by atoms with E-state index in [4.69, 9.17) is 0 Å². The SMILES string of the molecule is CCC(C)N1C(=O)CC(NCc2sccc2C)C1=O. The summed E-state index contributed by atoms with van der Waals surface area (Å²) >= 11 is 1.67. The summed E-state index contributed by atoms with van der Waals surface area (Å²) in [6, 6.07) is 1.70. The monoisotopic (exact) mass is 280 g/mol. The van der Waals surface area contributed by atoms with E-state index in [0.29, 0.717) is 6.54 Å². The van der Waals surface area contributed by atoms with Crippen LogP contribution >= 0.6 is 11.3 Å². The van der Waals surface area contributed by atoms with Gasteiger partial charge in [-0.25, -0.2) is 0 Å². The number of carbonyl (C=O) groups is 2. The molecular weight excluding hydrogens is 260 g/mol. The van der Waals surface area contributed by atoms with Gasteiger partial charge in [-0.05, 0) is 37.3 Å². The van der Waals surface area contributed by atoms with Crippen LogP contribution in [0.1, 0.15) is 37.1 Å². The van der Waals surface area contributed by atoms with Gasteiger partial charge < -0.3 is 5.32 Å². The third-order valence-electron chi connectivity index (χ3n) is 3.69. The molecule has 2 atom stereocenters. The molecule has 1 aliphatic heterocycles. The van der Waals surface area contributed by atoms with Crippen LogP contribution in [0.25, 0.3) is 0 Å². The molecule has 2 amide bonds. The lowest BCUT2D eigenvalue weighted by Gasteiger charge is -2.21. The number of carbonyl (C=O) groups excluding carboxylic acids is 2. The third-order valence-corrected chi connectivity index (χ3v) is 4.71. The summed E-state index contributed by atoms with van der Waals surface area (Å²) < 4.78 is 0. The Bertz CT molecular complexity index is 484. The van der Waals surface area contributed by atoms with Gasteiger partial charge in [0.25, 0.3) is 0 Å². The molecule has 0 saturated carbocycles. The molecule has 1 fully saturated rings. The molecular formula is C14H20N2O2S. The maximum Gasteiger partial charge on any atom is 0.247 e. The molecule has 4 nitrogen and oxygen atoms in total. The molecule has 2 rings (SSSR count). The number of aryl methyl sites for hydroxylation is 1. The topological polar surface area (TPSA) is 49.4 Å². The lowest BCUT2D eigenvalue weighted by molar-refractivity contribution is -0.141. The van der Waals surface area contributed by atoms with Crippen molar-refractivity contribution in [2.75, 3.05) is 0 Å². The van der Waals surface area contributed by atoms with Gasteiger partial charge in [-0.15, -0.1) is 11.3 Å². The van der Waals surface area contributed by atoms with E-state index in [1.807, 2.05) is 19.2 Å². The summed E-state index contributed by atoms with van der Waals surface area (Å²) in [5.74, 6) is -0.131. The number of hydrogen-bond donors (Lipinski definition) is 1. The van der Waals surface area contributed by atoms with Gasteiger partial charge in [0.1, 0.15) is 0 Å². The average molecular weight is 280 g/mol. The summed E-state index contributed by atoms with van der Waals surface area (Å²) in [7, 11) is 0. The number of nitrogens with zero attached hydrogens (tertiary/aromatic N) is 1. The van der Waals surface area contributed by atoms with Crippen molar-refractivity contribution in [3.63, 3.8) is 0 Å². The maximum atomic E-state index is 12.2. The first-order chi connectivity index (χ1) is 9.04. The molecule has 1 aromatic rings. The van der Waals surface area contributed by atoms with Gasteiger partial charge in [0, 0.05) is 17.5 Å². The molecule has 2 unspecified atom stereocenters. The zero-order chi connectivity index (χ0) is 14.0. The highest BCUT2D eigenvalue weighted by Gasteiger charge is 2.40. The molecule has 0 bridgehead atoms. The Morgan fingerprint density at radius 3 is 2.84 bits per heavy atom. The summed E-state index contributed by atoms with van der Waals surface area (Å²) in [5.41, 5.74) is 1.23. The molecule has 2 heterocycles. The van der Waals surface area contributed by atoms with Crippen LogP contribution in [0.15, 0.2) is 11.4 Å². The number of amides is 2. The van der Waals surface area contributed by atoms with Crippen molar-refractivity contribution in [1.29, 1.82) is 0 Å². The Kier molecular flexibility index (Phi) is 4.37. The van der Waals surface area contributed by atoms with E-state index in [-0.39, 0.29) is 30.3 Å². The molecule has 0 aliphatic carbocycles. The first-order valence-electron chi connectivity index (χ1n) is 6.66. The molecule has 104 valence electrons. The Morgan fingerprint density at radius 1 is 1.53 bits per heavy atom. The van der Waals surface area contributed by atoms with Gasteiger partial charge >= 0.3 is 0 Å². The van der Waals surface area contributed by atoms with Crippen molar-refractivity contribution in [3.05, 3.63) is 21.9 Å². The Morgan fingerprint density at radius 2 is 2.26 bits per heavy atom. The van der Waals surface area contributed by atoms with Crippen LogP contribution in [0.4, 0.5) is 0 Å². The minimum absolute atomic E-state index is 0.00438. The fraction of sp³-hybridized carbons (Fsp3) is 0.571. The zero-order valence-corrected chi connectivity index (χ0v) is 12.4. The van der Waals surface area contributed by atoms with Crippen molar-refractivity contribution >= 4 is 23.2 Å². The van der Waals surface area contributed by atoms with Gasteiger partial charge in [0.05, 0.1) is 12.5 Å². The van der Waals surface area contributed by atoms with E-state index in [1.54, 1.807) is 11.3 Å². The molecule has 1 N–H and O–H groups in total. The van der Waals surface area contributed by atoms with E-state index in [1.165, 1.54) is 15.3 Å². The number of likely N-dealkylation sites (tertiary alicyclic amines) is 1. The predicted molar refractivity (Wildman–Crippen MR) is 75.9 cm³/mol. The minimum Gasteiger partial charge on any atom is -0.300 e. The van der Waals surface area contributed by atoms with Crippen LogP contribution < -0.4 is 5.32 Å². The highest BCUT2D eigenvalue weighted by Crippen LogP contribution is 2.20. The smallest absolute Gasteiger partial charge is 0.247 e. The Hall–Kier alpha value is -1.20. The maximum absolute atomic E-state index is 12.2. The van der Waals surface area contributed by atoms with E-state index >= 15 is 0 Å². The van der Waals surface area contributed by atoms with Gasteiger partial charge in [-0.2, -0.15) is 0 Å². The van der Waals surface area contributed by atoms with E-state index in [0.717, 1.165) is 6.42 Å². The normalized spacial score (nSPS) is 21.2. The van der Waals surface area contributed by atoms with Crippen molar-refractivity contribution in [3.8, 4) is 0 Å². The lowest BCUT2D eigenvalue weighted by Crippen LogP contribution is -2.42. The summed E-state index contributed by atoms with van der Waals surface area (Å²) in [5, 5.41) is 5.25. The van der Waals surface area contributed by atoms with Crippen LogP contribution in [0.2, 0.25) is 0 Å². The second-order valence-corrected chi connectivity index (χ2v) is 6.02. The van der Waals surface area contributed by atoms with Crippen molar-refractivity contribution in [2.45, 2.75) is 52.2 Å². The van der Waals surface area contributed by atoms with E-state index in [2.05, 4.69) is 18.3 Å². The van der Waals surface area contributed by atoms with Crippen LogP contribution in [0.5, 0.6) is 0 Å². The summed E-state index contributed by atoms with van der Waals surface area (Å²) in [4.78, 5) is 26.7. The number of thiophene rings is 1. The molecule has 1 saturated heterocycles. The first-order valence-corrected chi connectivity index (χ1v) is 7.54. The average Bonchev–Trinajstić information content (AvgIpc) is 2.90. The Labute approximate surface area is 117 Å². The van der Waals surface area contributed by atoms with Crippen LogP contribution in [0.3, 0.4) is 0 Å². The third kappa shape index (κ3) is 2.87. The molecule has 1 aliphatic rings. The Balaban J connectivity index is 1.98. The molecule has 0 radical (unpaired) electrons. The first kappa shape index (κ1) is 14.2. The molecule has 5 heteroatoms. The highest BCUT2D eigenvalue weighted by atomic mass is 32.1. The quantitative estimate of drug-likeness (QED) is 0.840. The molecule has 19 heavy (non-hydrogen) atoms. The van der Waals surface area contributed by atoms with Crippen LogP contribution in [0, 0.1) is 6.92 Å². The summed E-state index contributed by atoms with van der Waals surface area (Å²) in [6.45, 7) is 6.62. The molecule has 0 spiro atoms. The van der Waals surface area contributed by atoms with Crippen molar-refractivity contribution < 1.29 is 9.59 Å². The zero-order valence-electron chi connectivity index (χ0n) is 11.6. The number of hydrogen-bond acceptors (Lipinski definition) is 4. The largest absolute Gasteiger partial charge is 0.300 e. The van der Waals surface area contributed by atoms with Crippen molar-refractivity contribution in [2.24, 2.45) is 0 Å². The lowest BCUT2D eigenvalue weighted by atomic mass is 10.2. The van der Waals surface area contributed by atoms with Crippen LogP contribution in [-0.4, -0.2) is 28.8 Å². The summed E-state index contributed by atoms with van der Waals surface area (Å²) in [6.07, 6.45) is 1.09. The van der Waals surface area contributed by atoms with Gasteiger partial charge in [-0.1, -0.05) is 6.92 Å². The fourth-order valence-electron chi connectivity index (χ4n) is 2.26. The predicted octanol–water partition coefficient (Wildman–Crippen LogP) is 2.07. The highest BCUT2D eigenvalue weighted by molar-refractivity contribution is 7.10. The fourth-order valence-corrected chi connectivity index (χ4v) is 3.11. The minimum atomic E-state index is -0.358. The standard InChI is InChI=1S/C14H20N2O2S/c1-4-10(3)16-13(17)7-11(14(16)18)15-8-12-9(2)5-6-19-12/h5-6,10-11,15H,4,7-8H2,1-3H3. The molecule has 1 aromatic heterocycles. The van der Waals surface area contributed by atoms with Crippen molar-refractivity contribution in [1.82, 2.24) is 10.2 Å². The van der Waals surface area contributed by atoms with E-state index in [9.17, 15) is 9.59 Å². The van der Waals surface area contributed by atoms with E-state index < -0.39 is 0 Å². The second kappa shape index (κ2) is 5.84. The van der Waals surface area contributed by atoms with Gasteiger partial charge in [-0.3, -0.25) is 14.5 Å². The number of nitrogens with one attached hydrogen (secondary N) is 1. The molecule has 0 aromatic carbocycles.